The third-order valence-electron chi connectivity index (χ3n) is 4.00. The Labute approximate surface area is 162 Å². The number of benzene rings is 2. The van der Waals surface area contributed by atoms with Gasteiger partial charge in [-0.2, -0.15) is 0 Å². The molecule has 0 radical (unpaired) electrons. The molecule has 1 amide bonds. The first-order chi connectivity index (χ1) is 13.2. The van der Waals surface area contributed by atoms with Crippen LogP contribution in [0.4, 0.5) is 5.13 Å². The summed E-state index contributed by atoms with van der Waals surface area (Å²) in [6, 6.07) is 15.4. The van der Waals surface area contributed by atoms with Crippen LogP contribution >= 0.6 is 11.3 Å². The molecular weight excluding hydrogens is 362 g/mol. The van der Waals surface area contributed by atoms with E-state index < -0.39 is 0 Å². The first-order valence-corrected chi connectivity index (χ1v) is 9.40. The van der Waals surface area contributed by atoms with Gasteiger partial charge in [0.05, 0.1) is 14.2 Å². The number of nitrogens with one attached hydrogen (secondary N) is 1. The number of hydrogen-bond donors (Lipinski definition) is 1. The number of anilines is 1. The minimum Gasteiger partial charge on any atom is -0.497 e. The molecule has 7 heteroatoms. The van der Waals surface area contributed by atoms with E-state index in [0.717, 1.165) is 24.3 Å². The molecule has 6 nitrogen and oxygen atoms in total. The largest absolute Gasteiger partial charge is 0.497 e. The number of hydrogen-bond acceptors (Lipinski definition) is 6. The van der Waals surface area contributed by atoms with Gasteiger partial charge in [-0.05, 0) is 30.5 Å². The van der Waals surface area contributed by atoms with Gasteiger partial charge in [0.15, 0.2) is 0 Å². The van der Waals surface area contributed by atoms with E-state index in [2.05, 4.69) is 27.6 Å². The summed E-state index contributed by atoms with van der Waals surface area (Å²) in [5.41, 5.74) is 1.74. The van der Waals surface area contributed by atoms with Gasteiger partial charge in [-0.15, -0.1) is 10.2 Å². The Hall–Kier alpha value is -2.93. The molecule has 1 N–H and O–H groups in total. The maximum Gasteiger partial charge on any atom is 0.257 e. The quantitative estimate of drug-likeness (QED) is 0.637. The number of carbonyl (C=O) groups excluding carboxylic acids is 1. The molecular formula is C20H21N3O3S. The van der Waals surface area contributed by atoms with Gasteiger partial charge in [-0.1, -0.05) is 41.7 Å². The number of nitrogens with zero attached hydrogens (tertiary/aromatic N) is 2. The van der Waals surface area contributed by atoms with E-state index >= 15 is 0 Å². The molecule has 3 aromatic rings. The van der Waals surface area contributed by atoms with Crippen LogP contribution in [0.25, 0.3) is 0 Å². The van der Waals surface area contributed by atoms with Crippen LogP contribution in [0.3, 0.4) is 0 Å². The predicted molar refractivity (Wildman–Crippen MR) is 106 cm³/mol. The zero-order valence-electron chi connectivity index (χ0n) is 15.3. The van der Waals surface area contributed by atoms with E-state index in [1.807, 2.05) is 18.2 Å². The van der Waals surface area contributed by atoms with Crippen molar-refractivity contribution in [1.82, 2.24) is 10.2 Å². The zero-order valence-corrected chi connectivity index (χ0v) is 16.1. The molecule has 0 unspecified atom stereocenters. The second kappa shape index (κ2) is 9.14. The van der Waals surface area contributed by atoms with Crippen molar-refractivity contribution in [2.45, 2.75) is 19.3 Å². The van der Waals surface area contributed by atoms with Crippen LogP contribution in [-0.4, -0.2) is 30.3 Å². The van der Waals surface area contributed by atoms with E-state index in [1.54, 1.807) is 32.4 Å². The highest BCUT2D eigenvalue weighted by Crippen LogP contribution is 2.24. The number of aromatic nitrogens is 2. The van der Waals surface area contributed by atoms with Gasteiger partial charge in [0.1, 0.15) is 16.5 Å². The molecule has 3 rings (SSSR count). The van der Waals surface area contributed by atoms with Crippen LogP contribution < -0.4 is 14.8 Å². The molecule has 0 atom stereocenters. The highest BCUT2D eigenvalue weighted by atomic mass is 32.1. The number of amides is 1. The monoisotopic (exact) mass is 383 g/mol. The Kier molecular flexibility index (Phi) is 6.38. The molecule has 2 aromatic carbocycles. The summed E-state index contributed by atoms with van der Waals surface area (Å²) in [7, 11) is 3.09. The average molecular weight is 383 g/mol. The number of aryl methyl sites for hydroxylation is 2. The van der Waals surface area contributed by atoms with Gasteiger partial charge in [-0.25, -0.2) is 0 Å². The summed E-state index contributed by atoms with van der Waals surface area (Å²) in [6.45, 7) is 0. The lowest BCUT2D eigenvalue weighted by atomic mass is 10.1. The van der Waals surface area contributed by atoms with E-state index in [1.165, 1.54) is 16.9 Å². The van der Waals surface area contributed by atoms with Crippen molar-refractivity contribution in [1.29, 1.82) is 0 Å². The Balaban J connectivity index is 1.58. The van der Waals surface area contributed by atoms with Crippen molar-refractivity contribution < 1.29 is 14.3 Å². The van der Waals surface area contributed by atoms with Gasteiger partial charge < -0.3 is 9.47 Å². The summed E-state index contributed by atoms with van der Waals surface area (Å²) in [5, 5.41) is 12.4. The van der Waals surface area contributed by atoms with Gasteiger partial charge >= 0.3 is 0 Å². The lowest BCUT2D eigenvalue weighted by molar-refractivity contribution is 0.102. The maximum absolute atomic E-state index is 12.5. The van der Waals surface area contributed by atoms with Gasteiger partial charge in [0.25, 0.3) is 5.91 Å². The smallest absolute Gasteiger partial charge is 0.257 e. The van der Waals surface area contributed by atoms with Crippen LogP contribution in [0.1, 0.15) is 27.3 Å². The number of carbonyl (C=O) groups is 1. The zero-order chi connectivity index (χ0) is 19.1. The van der Waals surface area contributed by atoms with E-state index in [-0.39, 0.29) is 5.91 Å². The highest BCUT2D eigenvalue weighted by Gasteiger charge is 2.13. The fourth-order valence-electron chi connectivity index (χ4n) is 2.60. The molecule has 0 aliphatic heterocycles. The molecule has 0 aliphatic carbocycles. The molecule has 1 aromatic heterocycles. The van der Waals surface area contributed by atoms with Crippen molar-refractivity contribution in [3.05, 3.63) is 64.7 Å². The molecule has 0 aliphatic rings. The summed E-state index contributed by atoms with van der Waals surface area (Å²) in [5.74, 6) is 0.830. The lowest BCUT2D eigenvalue weighted by Crippen LogP contribution is -2.12. The van der Waals surface area contributed by atoms with Crippen molar-refractivity contribution in [3.8, 4) is 11.5 Å². The van der Waals surface area contributed by atoms with Crippen LogP contribution in [-0.2, 0) is 12.8 Å². The molecule has 140 valence electrons. The second-order valence-electron chi connectivity index (χ2n) is 5.90. The lowest BCUT2D eigenvalue weighted by Gasteiger charge is -2.07. The number of rotatable bonds is 8. The van der Waals surface area contributed by atoms with E-state index in [9.17, 15) is 4.79 Å². The fraction of sp³-hybridized carbons (Fsp3) is 0.250. The Morgan fingerprint density at radius 3 is 2.37 bits per heavy atom. The molecule has 0 saturated carbocycles. The minimum atomic E-state index is -0.279. The molecule has 1 heterocycles. The Bertz CT molecular complexity index is 874. The van der Waals surface area contributed by atoms with Crippen molar-refractivity contribution in [2.24, 2.45) is 0 Å². The average Bonchev–Trinajstić information content (AvgIpc) is 3.15. The van der Waals surface area contributed by atoms with Crippen molar-refractivity contribution in [3.63, 3.8) is 0 Å². The molecule has 0 saturated heterocycles. The number of methoxy groups -OCH3 is 2. The molecule has 27 heavy (non-hydrogen) atoms. The van der Waals surface area contributed by atoms with E-state index in [0.29, 0.717) is 22.2 Å². The summed E-state index contributed by atoms with van der Waals surface area (Å²) >= 11 is 1.39. The van der Waals surface area contributed by atoms with Crippen molar-refractivity contribution in [2.75, 3.05) is 19.5 Å². The van der Waals surface area contributed by atoms with Crippen LogP contribution in [0, 0.1) is 0 Å². The van der Waals surface area contributed by atoms with Crippen molar-refractivity contribution >= 4 is 22.4 Å². The van der Waals surface area contributed by atoms with Crippen LogP contribution in [0.15, 0.2) is 48.5 Å². The summed E-state index contributed by atoms with van der Waals surface area (Å²) in [6.07, 6.45) is 2.81. The van der Waals surface area contributed by atoms with Gasteiger partial charge in [0.2, 0.25) is 5.13 Å². The topological polar surface area (TPSA) is 73.3 Å². The third kappa shape index (κ3) is 5.27. The normalized spacial score (nSPS) is 10.4. The minimum absolute atomic E-state index is 0.279. The predicted octanol–water partition coefficient (Wildman–Crippen LogP) is 3.98. The molecule has 0 spiro atoms. The molecule has 0 fully saturated rings. The summed E-state index contributed by atoms with van der Waals surface area (Å²) < 4.78 is 10.4. The summed E-state index contributed by atoms with van der Waals surface area (Å²) in [4.78, 5) is 12.5. The van der Waals surface area contributed by atoms with Gasteiger partial charge in [-0.3, -0.25) is 10.1 Å². The van der Waals surface area contributed by atoms with E-state index in [4.69, 9.17) is 9.47 Å². The Morgan fingerprint density at radius 2 is 1.70 bits per heavy atom. The Morgan fingerprint density at radius 1 is 1.00 bits per heavy atom. The highest BCUT2D eigenvalue weighted by molar-refractivity contribution is 7.15. The fourth-order valence-corrected chi connectivity index (χ4v) is 3.38. The third-order valence-corrected chi connectivity index (χ3v) is 4.90. The van der Waals surface area contributed by atoms with Crippen LogP contribution in [0.2, 0.25) is 0 Å². The second-order valence-corrected chi connectivity index (χ2v) is 6.96. The maximum atomic E-state index is 12.5. The van der Waals surface area contributed by atoms with Crippen LogP contribution in [0.5, 0.6) is 11.5 Å². The first kappa shape index (κ1) is 18.8. The SMILES string of the molecule is COc1cc(OC)cc(C(=O)Nc2nnc(CCCc3ccccc3)s2)c1. The number of ether oxygens (including phenoxy) is 2. The standard InChI is InChI=1S/C20H21N3O3S/c1-25-16-11-15(12-17(13-16)26-2)19(24)21-20-23-22-18(27-20)10-6-9-14-7-4-3-5-8-14/h3-5,7-8,11-13H,6,9-10H2,1-2H3,(H,21,23,24). The van der Waals surface area contributed by atoms with Gasteiger partial charge in [0, 0.05) is 18.1 Å². The molecule has 0 bridgehead atoms. The first-order valence-electron chi connectivity index (χ1n) is 8.58.